The summed E-state index contributed by atoms with van der Waals surface area (Å²) in [7, 11) is 0. The fourth-order valence-electron chi connectivity index (χ4n) is 1.95. The van der Waals surface area contributed by atoms with Crippen LogP contribution >= 0.6 is 11.6 Å². The number of benzene rings is 1. The zero-order valence-corrected chi connectivity index (χ0v) is 10.4. The number of nitrogens with zero attached hydrogens (tertiary/aromatic N) is 1. The van der Waals surface area contributed by atoms with Gasteiger partial charge in [0.05, 0.1) is 6.42 Å². The number of carbonyl (C=O) groups excluding carboxylic acids is 2. The summed E-state index contributed by atoms with van der Waals surface area (Å²) in [6, 6.07) is 7.25. The van der Waals surface area contributed by atoms with Crippen LogP contribution in [0.2, 0.25) is 0 Å². The number of alkyl halides is 1. The highest BCUT2D eigenvalue weighted by Crippen LogP contribution is 2.20. The van der Waals surface area contributed by atoms with E-state index in [4.69, 9.17) is 11.6 Å². The summed E-state index contributed by atoms with van der Waals surface area (Å²) in [5.41, 5.74) is 1.45. The van der Waals surface area contributed by atoms with Crippen LogP contribution < -0.4 is 0 Å². The molecule has 1 aliphatic heterocycles. The molecular formula is C13H14ClNO2. The average molecular weight is 252 g/mol. The first-order valence-corrected chi connectivity index (χ1v) is 6.15. The smallest absolute Gasteiger partial charge is 0.260 e. The SMILES string of the molecule is CC(CCl)CN1C(=O)Cc2ccccc2C1=O. The van der Waals surface area contributed by atoms with Crippen LogP contribution in [0.15, 0.2) is 24.3 Å². The lowest BCUT2D eigenvalue weighted by atomic mass is 9.98. The molecule has 4 heteroatoms. The molecule has 0 aromatic heterocycles. The summed E-state index contributed by atoms with van der Waals surface area (Å²) in [4.78, 5) is 25.3. The maximum Gasteiger partial charge on any atom is 0.260 e. The zero-order valence-electron chi connectivity index (χ0n) is 9.65. The molecular weight excluding hydrogens is 238 g/mol. The topological polar surface area (TPSA) is 37.4 Å². The molecule has 0 saturated heterocycles. The lowest BCUT2D eigenvalue weighted by Crippen LogP contribution is -2.44. The number of halogens is 1. The molecule has 0 saturated carbocycles. The second kappa shape index (κ2) is 4.88. The van der Waals surface area contributed by atoms with Crippen LogP contribution in [0.25, 0.3) is 0 Å². The average Bonchev–Trinajstić information content (AvgIpc) is 2.34. The minimum Gasteiger partial charge on any atom is -0.278 e. The van der Waals surface area contributed by atoms with Gasteiger partial charge in [0.25, 0.3) is 5.91 Å². The Morgan fingerprint density at radius 2 is 2.06 bits per heavy atom. The Morgan fingerprint density at radius 1 is 1.35 bits per heavy atom. The minimum absolute atomic E-state index is 0.120. The summed E-state index contributed by atoms with van der Waals surface area (Å²) in [6.07, 6.45) is 0.302. The fourth-order valence-corrected chi connectivity index (χ4v) is 2.04. The van der Waals surface area contributed by atoms with E-state index in [0.29, 0.717) is 24.4 Å². The molecule has 0 aliphatic carbocycles. The van der Waals surface area contributed by atoms with Crippen molar-refractivity contribution in [3.8, 4) is 0 Å². The van der Waals surface area contributed by atoms with Gasteiger partial charge >= 0.3 is 0 Å². The molecule has 1 aromatic rings. The first kappa shape index (κ1) is 12.1. The van der Waals surface area contributed by atoms with Gasteiger partial charge in [-0.2, -0.15) is 0 Å². The molecule has 2 amide bonds. The summed E-state index contributed by atoms with van der Waals surface area (Å²) in [5.74, 6) is 0.230. The van der Waals surface area contributed by atoms with Crippen LogP contribution in [0.5, 0.6) is 0 Å². The van der Waals surface area contributed by atoms with Crippen molar-refractivity contribution in [1.29, 1.82) is 0 Å². The van der Waals surface area contributed by atoms with Gasteiger partial charge in [-0.05, 0) is 17.5 Å². The van der Waals surface area contributed by atoms with Crippen molar-refractivity contribution in [2.45, 2.75) is 13.3 Å². The van der Waals surface area contributed by atoms with Crippen molar-refractivity contribution >= 4 is 23.4 Å². The number of amides is 2. The lowest BCUT2D eigenvalue weighted by Gasteiger charge is -2.28. The monoisotopic (exact) mass is 251 g/mol. The van der Waals surface area contributed by atoms with Gasteiger partial charge in [-0.15, -0.1) is 11.6 Å². The van der Waals surface area contributed by atoms with Crippen LogP contribution in [0.1, 0.15) is 22.8 Å². The van der Waals surface area contributed by atoms with Crippen LogP contribution in [-0.4, -0.2) is 29.1 Å². The fraction of sp³-hybridized carbons (Fsp3) is 0.385. The largest absolute Gasteiger partial charge is 0.278 e. The van der Waals surface area contributed by atoms with Crippen molar-refractivity contribution in [3.63, 3.8) is 0 Å². The molecule has 1 unspecified atom stereocenters. The van der Waals surface area contributed by atoms with Gasteiger partial charge in [0.2, 0.25) is 5.91 Å². The Hall–Kier alpha value is -1.35. The van der Waals surface area contributed by atoms with Crippen LogP contribution in [-0.2, 0) is 11.2 Å². The second-order valence-electron chi connectivity index (χ2n) is 4.40. The van der Waals surface area contributed by atoms with E-state index < -0.39 is 0 Å². The van der Waals surface area contributed by atoms with Crippen molar-refractivity contribution in [3.05, 3.63) is 35.4 Å². The standard InChI is InChI=1S/C13H14ClNO2/c1-9(7-14)8-15-12(16)6-10-4-2-3-5-11(10)13(15)17/h2-5,9H,6-8H2,1H3. The van der Waals surface area contributed by atoms with Gasteiger partial charge in [-0.25, -0.2) is 0 Å². The molecule has 1 atom stereocenters. The third-order valence-corrected chi connectivity index (χ3v) is 3.42. The molecule has 1 aliphatic rings. The number of imide groups is 1. The van der Waals surface area contributed by atoms with E-state index in [0.717, 1.165) is 5.56 Å². The predicted octanol–water partition coefficient (Wildman–Crippen LogP) is 2.09. The number of rotatable bonds is 3. The Balaban J connectivity index is 2.27. The highest BCUT2D eigenvalue weighted by Gasteiger charge is 2.31. The van der Waals surface area contributed by atoms with Crippen LogP contribution in [0.3, 0.4) is 0 Å². The molecule has 90 valence electrons. The van der Waals surface area contributed by atoms with Gasteiger partial charge in [-0.1, -0.05) is 25.1 Å². The molecule has 0 spiro atoms. The van der Waals surface area contributed by atoms with E-state index in [2.05, 4.69) is 0 Å². The van der Waals surface area contributed by atoms with E-state index in [1.807, 2.05) is 25.1 Å². The minimum atomic E-state index is -0.200. The summed E-state index contributed by atoms with van der Waals surface area (Å²) < 4.78 is 0. The molecule has 1 aromatic carbocycles. The Bertz CT molecular complexity index is 458. The quantitative estimate of drug-likeness (QED) is 0.609. The zero-order chi connectivity index (χ0) is 12.4. The van der Waals surface area contributed by atoms with Gasteiger partial charge < -0.3 is 0 Å². The maximum atomic E-state index is 12.1. The van der Waals surface area contributed by atoms with Gasteiger partial charge in [0.1, 0.15) is 0 Å². The lowest BCUT2D eigenvalue weighted by molar-refractivity contribution is -0.128. The molecule has 0 radical (unpaired) electrons. The normalized spacial score (nSPS) is 16.9. The highest BCUT2D eigenvalue weighted by atomic mass is 35.5. The Morgan fingerprint density at radius 3 is 2.76 bits per heavy atom. The first-order chi connectivity index (χ1) is 8.13. The van der Waals surface area contributed by atoms with E-state index in [9.17, 15) is 9.59 Å². The van der Waals surface area contributed by atoms with Crippen LogP contribution in [0, 0.1) is 5.92 Å². The number of hydrogen-bond acceptors (Lipinski definition) is 2. The maximum absolute atomic E-state index is 12.1. The van der Waals surface area contributed by atoms with E-state index in [-0.39, 0.29) is 17.7 Å². The van der Waals surface area contributed by atoms with E-state index >= 15 is 0 Å². The third-order valence-electron chi connectivity index (χ3n) is 2.89. The number of carbonyl (C=O) groups is 2. The van der Waals surface area contributed by atoms with Gasteiger partial charge in [0.15, 0.2) is 0 Å². The molecule has 17 heavy (non-hydrogen) atoms. The van der Waals surface area contributed by atoms with Crippen molar-refractivity contribution in [2.24, 2.45) is 5.92 Å². The summed E-state index contributed by atoms with van der Waals surface area (Å²) in [5, 5.41) is 0. The molecule has 2 rings (SSSR count). The molecule has 0 bridgehead atoms. The van der Waals surface area contributed by atoms with Crippen molar-refractivity contribution in [1.82, 2.24) is 4.90 Å². The predicted molar refractivity (Wildman–Crippen MR) is 66.1 cm³/mol. The second-order valence-corrected chi connectivity index (χ2v) is 4.71. The molecule has 0 N–H and O–H groups in total. The Kier molecular flexibility index (Phi) is 3.48. The van der Waals surface area contributed by atoms with Crippen molar-refractivity contribution < 1.29 is 9.59 Å². The third kappa shape index (κ3) is 2.34. The van der Waals surface area contributed by atoms with Crippen LogP contribution in [0.4, 0.5) is 0 Å². The summed E-state index contributed by atoms with van der Waals surface area (Å²) >= 11 is 5.72. The van der Waals surface area contributed by atoms with Gasteiger partial charge in [0, 0.05) is 18.0 Å². The molecule has 3 nitrogen and oxygen atoms in total. The number of hydrogen-bond donors (Lipinski definition) is 0. The molecule has 1 heterocycles. The van der Waals surface area contributed by atoms with Crippen molar-refractivity contribution in [2.75, 3.05) is 12.4 Å². The molecule has 0 fully saturated rings. The van der Waals surface area contributed by atoms with Gasteiger partial charge in [-0.3, -0.25) is 14.5 Å². The first-order valence-electron chi connectivity index (χ1n) is 5.62. The Labute approximate surface area is 105 Å². The van der Waals surface area contributed by atoms with E-state index in [1.165, 1.54) is 4.90 Å². The summed E-state index contributed by atoms with van der Waals surface area (Å²) in [6.45, 7) is 2.32. The number of fused-ring (bicyclic) bond motifs is 1. The highest BCUT2D eigenvalue weighted by molar-refractivity contribution is 6.18. The van der Waals surface area contributed by atoms with E-state index in [1.54, 1.807) is 6.07 Å².